The molecular formula is C26H26F3NO3S. The molecule has 4 nitrogen and oxygen atoms in total. The highest BCUT2D eigenvalue weighted by molar-refractivity contribution is 7.99. The minimum atomic E-state index is -4.37. The van der Waals surface area contributed by atoms with Crippen molar-refractivity contribution in [3.05, 3.63) is 77.4 Å². The second-order valence-electron chi connectivity index (χ2n) is 7.93. The van der Waals surface area contributed by atoms with Gasteiger partial charge in [-0.2, -0.15) is 13.2 Å². The average molecular weight is 490 g/mol. The molecule has 0 spiro atoms. The minimum Gasteiger partial charge on any atom is -0.497 e. The van der Waals surface area contributed by atoms with Gasteiger partial charge in [0.2, 0.25) is 0 Å². The SMILES string of the molecule is COc1ccc2c(c1)S[C@@H](c1cccc(C(F)(F)F)c1)CCN2Cc1cccc(OC)c1OC. The van der Waals surface area contributed by atoms with Crippen molar-refractivity contribution in [1.29, 1.82) is 0 Å². The van der Waals surface area contributed by atoms with E-state index in [-0.39, 0.29) is 5.25 Å². The first-order chi connectivity index (χ1) is 16.3. The van der Waals surface area contributed by atoms with Crippen molar-refractivity contribution in [3.63, 3.8) is 0 Å². The van der Waals surface area contributed by atoms with Crippen LogP contribution in [0.4, 0.5) is 18.9 Å². The Morgan fingerprint density at radius 3 is 2.44 bits per heavy atom. The molecule has 3 aromatic rings. The lowest BCUT2D eigenvalue weighted by Crippen LogP contribution is -2.24. The van der Waals surface area contributed by atoms with E-state index in [1.165, 1.54) is 12.1 Å². The van der Waals surface area contributed by atoms with Gasteiger partial charge in [0, 0.05) is 28.8 Å². The van der Waals surface area contributed by atoms with Crippen LogP contribution in [-0.4, -0.2) is 27.9 Å². The molecule has 34 heavy (non-hydrogen) atoms. The molecule has 1 aliphatic rings. The fourth-order valence-corrected chi connectivity index (χ4v) is 5.50. The summed E-state index contributed by atoms with van der Waals surface area (Å²) in [6, 6.07) is 17.2. The second-order valence-corrected chi connectivity index (χ2v) is 9.17. The predicted molar refractivity (Wildman–Crippen MR) is 128 cm³/mol. The third-order valence-corrected chi connectivity index (χ3v) is 7.24. The fourth-order valence-electron chi connectivity index (χ4n) is 4.18. The lowest BCUT2D eigenvalue weighted by atomic mass is 10.0. The number of hydrogen-bond acceptors (Lipinski definition) is 5. The summed E-state index contributed by atoms with van der Waals surface area (Å²) < 4.78 is 56.5. The molecular weight excluding hydrogens is 463 g/mol. The van der Waals surface area contributed by atoms with Gasteiger partial charge in [-0.15, -0.1) is 11.8 Å². The van der Waals surface area contributed by atoms with E-state index in [1.54, 1.807) is 39.2 Å². The van der Waals surface area contributed by atoms with Gasteiger partial charge in [0.25, 0.3) is 0 Å². The number of benzene rings is 3. The van der Waals surface area contributed by atoms with Crippen LogP contribution in [-0.2, 0) is 12.7 Å². The Hall–Kier alpha value is -3.00. The summed E-state index contributed by atoms with van der Waals surface area (Å²) in [5.41, 5.74) is 2.00. The Bertz CT molecular complexity index is 1150. The predicted octanol–water partition coefficient (Wildman–Crippen LogP) is 6.97. The first-order valence-electron chi connectivity index (χ1n) is 10.8. The zero-order chi connectivity index (χ0) is 24.3. The molecule has 4 rings (SSSR count). The van der Waals surface area contributed by atoms with Crippen LogP contribution < -0.4 is 19.1 Å². The number of para-hydroxylation sites is 1. The van der Waals surface area contributed by atoms with E-state index in [0.717, 1.165) is 22.2 Å². The van der Waals surface area contributed by atoms with Crippen LogP contribution in [0.1, 0.15) is 28.4 Å². The van der Waals surface area contributed by atoms with E-state index in [9.17, 15) is 13.2 Å². The molecule has 0 aromatic heterocycles. The molecule has 8 heteroatoms. The number of methoxy groups -OCH3 is 3. The molecule has 3 aromatic carbocycles. The first-order valence-corrected chi connectivity index (χ1v) is 11.7. The van der Waals surface area contributed by atoms with Gasteiger partial charge in [0.05, 0.1) is 32.6 Å². The van der Waals surface area contributed by atoms with Crippen molar-refractivity contribution in [1.82, 2.24) is 0 Å². The summed E-state index contributed by atoms with van der Waals surface area (Å²) in [6.45, 7) is 1.23. The molecule has 0 saturated heterocycles. The molecule has 0 unspecified atom stereocenters. The van der Waals surface area contributed by atoms with E-state index in [2.05, 4.69) is 4.90 Å². The summed E-state index contributed by atoms with van der Waals surface area (Å²) in [6.07, 6.45) is -3.70. The van der Waals surface area contributed by atoms with Crippen LogP contribution in [0.2, 0.25) is 0 Å². The highest BCUT2D eigenvalue weighted by Gasteiger charge is 2.32. The summed E-state index contributed by atoms with van der Waals surface area (Å²) >= 11 is 1.57. The summed E-state index contributed by atoms with van der Waals surface area (Å²) in [4.78, 5) is 3.19. The summed E-state index contributed by atoms with van der Waals surface area (Å²) in [7, 11) is 4.82. The lowest BCUT2D eigenvalue weighted by molar-refractivity contribution is -0.137. The molecule has 1 aliphatic heterocycles. The highest BCUT2D eigenvalue weighted by atomic mass is 32.2. The van der Waals surface area contributed by atoms with Gasteiger partial charge in [-0.25, -0.2) is 0 Å². The van der Waals surface area contributed by atoms with E-state index < -0.39 is 11.7 Å². The maximum atomic E-state index is 13.3. The Labute approximate surface area is 201 Å². The number of alkyl halides is 3. The number of anilines is 1. The van der Waals surface area contributed by atoms with Gasteiger partial charge in [0.15, 0.2) is 11.5 Å². The average Bonchev–Trinajstić information content (AvgIpc) is 3.02. The Balaban J connectivity index is 1.70. The molecule has 1 atom stereocenters. The van der Waals surface area contributed by atoms with Crippen LogP contribution in [0, 0.1) is 0 Å². The zero-order valence-electron chi connectivity index (χ0n) is 19.2. The molecule has 1 heterocycles. The molecule has 0 N–H and O–H groups in total. The zero-order valence-corrected chi connectivity index (χ0v) is 20.0. The standard InChI is InChI=1S/C26H26F3NO3S/c1-31-20-10-11-21-24(15-20)34-23(17-6-4-8-19(14-17)26(27,28)29)12-13-30(21)16-18-7-5-9-22(32-2)25(18)33-3/h4-11,14-15,23H,12-13,16H2,1-3H3/t23-/m1/s1. The minimum absolute atomic E-state index is 0.134. The van der Waals surface area contributed by atoms with Crippen molar-refractivity contribution < 1.29 is 27.4 Å². The van der Waals surface area contributed by atoms with Crippen molar-refractivity contribution in [2.45, 2.75) is 29.3 Å². The topological polar surface area (TPSA) is 30.9 Å². The van der Waals surface area contributed by atoms with Crippen LogP contribution in [0.3, 0.4) is 0 Å². The number of hydrogen-bond donors (Lipinski definition) is 0. The maximum Gasteiger partial charge on any atom is 0.416 e. The van der Waals surface area contributed by atoms with Crippen LogP contribution in [0.15, 0.2) is 65.6 Å². The third-order valence-electron chi connectivity index (χ3n) is 5.87. The number of ether oxygens (including phenoxy) is 3. The van der Waals surface area contributed by atoms with Crippen LogP contribution in [0.25, 0.3) is 0 Å². The van der Waals surface area contributed by atoms with E-state index in [0.29, 0.717) is 42.3 Å². The van der Waals surface area contributed by atoms with Crippen LogP contribution >= 0.6 is 11.8 Å². The van der Waals surface area contributed by atoms with Gasteiger partial charge in [0.1, 0.15) is 5.75 Å². The van der Waals surface area contributed by atoms with Gasteiger partial charge in [-0.05, 0) is 42.3 Å². The van der Waals surface area contributed by atoms with Gasteiger partial charge < -0.3 is 19.1 Å². The fraction of sp³-hybridized carbons (Fsp3) is 0.308. The van der Waals surface area contributed by atoms with E-state index >= 15 is 0 Å². The number of halogens is 3. The molecule has 180 valence electrons. The van der Waals surface area contributed by atoms with E-state index in [4.69, 9.17) is 14.2 Å². The van der Waals surface area contributed by atoms with Crippen molar-refractivity contribution in [2.24, 2.45) is 0 Å². The largest absolute Gasteiger partial charge is 0.497 e. The van der Waals surface area contributed by atoms with Crippen molar-refractivity contribution in [2.75, 3.05) is 32.8 Å². The molecule has 0 aliphatic carbocycles. The summed E-state index contributed by atoms with van der Waals surface area (Å²) in [5.74, 6) is 2.03. The molecule has 0 radical (unpaired) electrons. The molecule has 0 amide bonds. The third kappa shape index (κ3) is 5.06. The smallest absolute Gasteiger partial charge is 0.416 e. The molecule has 0 bridgehead atoms. The Morgan fingerprint density at radius 2 is 1.74 bits per heavy atom. The number of rotatable bonds is 6. The highest BCUT2D eigenvalue weighted by Crippen LogP contribution is 2.48. The van der Waals surface area contributed by atoms with Crippen molar-refractivity contribution in [3.8, 4) is 17.2 Å². The number of nitrogens with zero attached hydrogens (tertiary/aromatic N) is 1. The first kappa shape index (κ1) is 24.1. The lowest BCUT2D eigenvalue weighted by Gasteiger charge is -2.26. The molecule has 0 fully saturated rings. The number of thioether (sulfide) groups is 1. The normalized spacial score (nSPS) is 15.9. The second kappa shape index (κ2) is 10.1. The summed E-state index contributed by atoms with van der Waals surface area (Å²) in [5, 5.41) is -0.134. The quantitative estimate of drug-likeness (QED) is 0.373. The van der Waals surface area contributed by atoms with Gasteiger partial charge in [-0.1, -0.05) is 30.3 Å². The van der Waals surface area contributed by atoms with Gasteiger partial charge >= 0.3 is 6.18 Å². The van der Waals surface area contributed by atoms with Gasteiger partial charge in [-0.3, -0.25) is 0 Å². The molecule has 0 saturated carbocycles. The number of fused-ring (bicyclic) bond motifs is 1. The Morgan fingerprint density at radius 1 is 0.941 bits per heavy atom. The Kier molecular flexibility index (Phi) is 7.16. The van der Waals surface area contributed by atoms with E-state index in [1.807, 2.05) is 36.4 Å². The van der Waals surface area contributed by atoms with Crippen molar-refractivity contribution >= 4 is 17.4 Å². The van der Waals surface area contributed by atoms with Crippen LogP contribution in [0.5, 0.6) is 17.2 Å². The monoisotopic (exact) mass is 489 g/mol. The maximum absolute atomic E-state index is 13.3.